The third-order valence-electron chi connectivity index (χ3n) is 0. The first-order valence-electron chi connectivity index (χ1n) is 0.302. The summed E-state index contributed by atoms with van der Waals surface area (Å²) in [4.78, 5) is 0. The van der Waals surface area contributed by atoms with Gasteiger partial charge in [0.05, 0.1) is 0 Å². The zero-order chi connectivity index (χ0) is 2.00. The Bertz CT molecular complexity index is 8.00. The molecule has 0 fully saturated rings. The molecule has 0 aliphatic rings. The van der Waals surface area contributed by atoms with Crippen LogP contribution in [0.2, 0.25) is 0 Å². The Morgan fingerprint density at radius 2 is 1.25 bits per heavy atom. The zero-order valence-electron chi connectivity index (χ0n) is 2.23. The van der Waals surface area contributed by atoms with Crippen molar-refractivity contribution < 1.29 is 74.2 Å². The largest absolute Gasteiger partial charge is 0 e. The molecule has 0 saturated carbocycles. The quantitative estimate of drug-likeness (QED) is 0.501. The van der Waals surface area contributed by atoms with E-state index in [9.17, 15) is 0 Å². The van der Waals surface area contributed by atoms with Gasteiger partial charge in [0, 0.05) is 58.4 Å². The summed E-state index contributed by atoms with van der Waals surface area (Å²) in [5.41, 5.74) is 0. The van der Waals surface area contributed by atoms with Gasteiger partial charge in [-0.3, -0.25) is 0 Å². The van der Waals surface area contributed by atoms with E-state index in [4.69, 9.17) is 0 Å². The summed E-state index contributed by atoms with van der Waals surface area (Å²) < 4.78 is 0. The molecule has 27 valence electrons. The smallest absolute Gasteiger partial charge is 0 e. The first-order chi connectivity index (χ1) is 1.00. The van der Waals surface area contributed by atoms with E-state index in [-0.39, 0.29) is 58.4 Å². The van der Waals surface area contributed by atoms with Crippen molar-refractivity contribution in [3.05, 3.63) is 0 Å². The molecular formula is H2BCuFePr. The van der Waals surface area contributed by atoms with E-state index in [0.717, 1.165) is 0 Å². The molecular weight excluding hydrogens is 271 g/mol. The molecule has 4 heteroatoms. The molecule has 0 bridgehead atoms. The molecule has 1 radical (unpaired) electrons. The van der Waals surface area contributed by atoms with Crippen LogP contribution in [0.1, 0.15) is 0 Å². The van der Waals surface area contributed by atoms with Crippen molar-refractivity contribution in [2.45, 2.75) is 0 Å². The van der Waals surface area contributed by atoms with Gasteiger partial charge in [0.15, 0.2) is 0 Å². The third-order valence-corrected chi connectivity index (χ3v) is 0. The fourth-order valence-electron chi connectivity index (χ4n) is 0. The molecule has 0 atom stereocenters. The molecule has 0 heterocycles. The van der Waals surface area contributed by atoms with Crippen LogP contribution in [0.4, 0.5) is 0 Å². The second-order valence-corrected chi connectivity index (χ2v) is 0. The molecule has 0 aliphatic carbocycles. The summed E-state index contributed by atoms with van der Waals surface area (Å²) in [6, 6.07) is 0. The molecule has 0 N–H and O–H groups in total. The molecule has 4 heavy (non-hydrogen) atoms. The number of hydrogen-bond acceptors (Lipinski definition) is 0. The maximum atomic E-state index is 4.19. The van der Waals surface area contributed by atoms with Gasteiger partial charge in [-0.15, -0.1) is 0 Å². The molecule has 0 aromatic carbocycles. The molecule has 0 unspecified atom stereocenters. The molecule has 0 saturated heterocycles. The maximum absolute atomic E-state index is 4.19. The van der Waals surface area contributed by atoms with Crippen molar-refractivity contribution in [3.63, 3.8) is 0 Å². The van der Waals surface area contributed by atoms with Crippen molar-refractivity contribution >= 4 is 6.66 Å². The fourth-order valence-corrected chi connectivity index (χ4v) is 0. The van der Waals surface area contributed by atoms with Crippen LogP contribution < -0.4 is 0 Å². The van der Waals surface area contributed by atoms with Gasteiger partial charge in [0.25, 0.3) is 0 Å². The Hall–Kier alpha value is 2.47. The van der Waals surface area contributed by atoms with E-state index in [1.807, 2.05) is 0 Å². The van der Waals surface area contributed by atoms with Gasteiger partial charge in [-0.2, -0.15) is 0 Å². The molecule has 0 aromatic heterocycles. The van der Waals surface area contributed by atoms with Crippen LogP contribution in [0.25, 0.3) is 0 Å². The summed E-state index contributed by atoms with van der Waals surface area (Å²) in [7, 11) is 0. The summed E-state index contributed by atoms with van der Waals surface area (Å²) in [5.74, 6) is 0. The number of rotatable bonds is 0. The maximum Gasteiger partial charge on any atom is 0 e. The van der Waals surface area contributed by atoms with Crippen LogP contribution in [-0.4, -0.2) is 6.66 Å². The van der Waals surface area contributed by atoms with E-state index in [1.165, 1.54) is 0 Å². The Morgan fingerprint density at radius 1 is 1.25 bits per heavy atom. The van der Waals surface area contributed by atoms with Crippen LogP contribution in [0.15, 0.2) is 0 Å². The minimum Gasteiger partial charge on any atom is 0 e. The van der Waals surface area contributed by atoms with Crippen molar-refractivity contribution in [1.29, 1.82) is 0 Å². The van der Waals surface area contributed by atoms with Crippen molar-refractivity contribution in [1.82, 2.24) is 0 Å². The van der Waals surface area contributed by atoms with Gasteiger partial charge in [-0.05, 0) is 0 Å². The first-order valence-corrected chi connectivity index (χ1v) is 1.24. The predicted octanol–water partition coefficient (Wildman–Crippen LogP) is -0.921. The summed E-state index contributed by atoms with van der Waals surface area (Å²) in [6.07, 6.45) is 0. The monoisotopic (exact) mass is 273 g/mol. The third kappa shape index (κ3) is 8.82. The van der Waals surface area contributed by atoms with Gasteiger partial charge in [0.2, 0.25) is 0 Å². The van der Waals surface area contributed by atoms with Crippen molar-refractivity contribution in [2.75, 3.05) is 0 Å². The van der Waals surface area contributed by atoms with Gasteiger partial charge in [-0.25, -0.2) is 0 Å². The Morgan fingerprint density at radius 3 is 1.25 bits per heavy atom. The zero-order valence-corrected chi connectivity index (χ0v) is 7.98. The van der Waals surface area contributed by atoms with Crippen LogP contribution >= 0.6 is 0 Å². The van der Waals surface area contributed by atoms with Gasteiger partial charge >= 0.3 is 22.5 Å². The standard InChI is InChI=1S/BH2.Cu.Fe.Pr/h1H2;;;/q+1;-1;;. The van der Waals surface area contributed by atoms with E-state index >= 15 is 0 Å². The normalized spacial score (nSPS) is 1.50. The second kappa shape index (κ2) is 17.9. The van der Waals surface area contributed by atoms with E-state index in [0.29, 0.717) is 0 Å². The molecule has 0 aliphatic heterocycles. The molecule has 0 aromatic rings. The molecule has 0 rings (SSSR count). The van der Waals surface area contributed by atoms with Crippen LogP contribution in [-0.2, 0) is 32.9 Å². The summed E-state index contributed by atoms with van der Waals surface area (Å²) in [5, 5.41) is 0. The SMILES string of the molecule is [BH2][Cu].[Fe].[Pr]. The Kier molecular flexibility index (Phi) is 72.0. The van der Waals surface area contributed by atoms with E-state index < -0.39 is 0 Å². The van der Waals surface area contributed by atoms with Crippen LogP contribution in [0, 0.1) is 41.3 Å². The summed E-state index contributed by atoms with van der Waals surface area (Å²) >= 11 is 4.19. The molecule has 0 spiro atoms. The predicted molar refractivity (Wildman–Crippen MR) is 8.54 cm³/mol. The van der Waals surface area contributed by atoms with Crippen LogP contribution in [0.5, 0.6) is 0 Å². The fraction of sp³-hybridized carbons (Fsp3) is 0. The average molecular weight is 273 g/mol. The topological polar surface area (TPSA) is 0 Å². The minimum atomic E-state index is 0. The van der Waals surface area contributed by atoms with E-state index in [1.54, 1.807) is 6.66 Å². The van der Waals surface area contributed by atoms with E-state index in [2.05, 4.69) is 15.8 Å². The van der Waals surface area contributed by atoms with Crippen molar-refractivity contribution in [2.24, 2.45) is 0 Å². The minimum absolute atomic E-state index is 0. The summed E-state index contributed by atoms with van der Waals surface area (Å²) in [6.45, 7) is 1.56. The van der Waals surface area contributed by atoms with Gasteiger partial charge in [0.1, 0.15) is 0 Å². The molecule has 0 amide bonds. The van der Waals surface area contributed by atoms with Crippen molar-refractivity contribution in [3.8, 4) is 0 Å². The number of hydrogen-bond donors (Lipinski definition) is 0. The Labute approximate surface area is 79.4 Å². The Balaban J connectivity index is -0.00000000500. The first kappa shape index (κ1) is 16.1. The van der Waals surface area contributed by atoms with Gasteiger partial charge in [-0.1, -0.05) is 0 Å². The second-order valence-electron chi connectivity index (χ2n) is 0. The van der Waals surface area contributed by atoms with Gasteiger partial charge < -0.3 is 0 Å². The van der Waals surface area contributed by atoms with Crippen LogP contribution in [0.3, 0.4) is 0 Å². The molecule has 0 nitrogen and oxygen atoms in total. The average Bonchev–Trinajstić information content (AvgIpc) is 1.00.